The van der Waals surface area contributed by atoms with Gasteiger partial charge in [-0.05, 0) is 30.5 Å². The summed E-state index contributed by atoms with van der Waals surface area (Å²) in [5.74, 6) is 0.466. The summed E-state index contributed by atoms with van der Waals surface area (Å²) in [5.41, 5.74) is 1.21. The van der Waals surface area contributed by atoms with Crippen molar-refractivity contribution in [3.63, 3.8) is 0 Å². The third-order valence-electron chi connectivity index (χ3n) is 4.97. The highest BCUT2D eigenvalue weighted by Crippen LogP contribution is 2.28. The van der Waals surface area contributed by atoms with Crippen molar-refractivity contribution in [2.45, 2.75) is 25.3 Å². The number of halogens is 1. The molecule has 3 aromatic heterocycles. The van der Waals surface area contributed by atoms with Gasteiger partial charge in [-0.15, -0.1) is 0 Å². The predicted octanol–water partition coefficient (Wildman–Crippen LogP) is 2.88. The van der Waals surface area contributed by atoms with Crippen molar-refractivity contribution in [3.8, 4) is 0 Å². The average Bonchev–Trinajstić information content (AvgIpc) is 3.17. The smallest absolute Gasteiger partial charge is 0.256 e. The maximum Gasteiger partial charge on any atom is 0.256 e. The van der Waals surface area contributed by atoms with Gasteiger partial charge in [0.1, 0.15) is 5.82 Å². The minimum Gasteiger partial charge on any atom is -0.339 e. The van der Waals surface area contributed by atoms with Crippen LogP contribution in [0.4, 0.5) is 4.39 Å². The van der Waals surface area contributed by atoms with E-state index >= 15 is 0 Å². The van der Waals surface area contributed by atoms with Gasteiger partial charge in [0, 0.05) is 50.0 Å². The van der Waals surface area contributed by atoms with Crippen molar-refractivity contribution in [3.05, 3.63) is 78.1 Å². The minimum absolute atomic E-state index is 0.0847. The van der Waals surface area contributed by atoms with Crippen LogP contribution in [-0.2, 0) is 6.54 Å². The van der Waals surface area contributed by atoms with Crippen molar-refractivity contribution < 1.29 is 9.18 Å². The summed E-state index contributed by atoms with van der Waals surface area (Å²) in [7, 11) is 0. The number of nitrogens with zero attached hydrogens (tertiary/aromatic N) is 5. The van der Waals surface area contributed by atoms with Crippen molar-refractivity contribution in [2.24, 2.45) is 0 Å². The molecule has 0 radical (unpaired) electrons. The van der Waals surface area contributed by atoms with Crippen molar-refractivity contribution in [1.29, 1.82) is 0 Å². The Hall–Kier alpha value is -3.09. The molecule has 0 bridgehead atoms. The lowest BCUT2D eigenvalue weighted by Crippen LogP contribution is -2.38. The van der Waals surface area contributed by atoms with Gasteiger partial charge in [0.2, 0.25) is 0 Å². The van der Waals surface area contributed by atoms with Gasteiger partial charge in [-0.1, -0.05) is 6.07 Å². The lowest BCUT2D eigenvalue weighted by molar-refractivity contribution is 0.0705. The van der Waals surface area contributed by atoms with Crippen LogP contribution in [0.3, 0.4) is 0 Å². The number of hydrogen-bond donors (Lipinski definition) is 0. The molecule has 1 amide bonds. The molecule has 0 aromatic carbocycles. The number of aromatic nitrogens is 4. The number of carbonyl (C=O) groups is 1. The highest BCUT2D eigenvalue weighted by Gasteiger charge is 2.28. The van der Waals surface area contributed by atoms with E-state index in [4.69, 9.17) is 0 Å². The predicted molar refractivity (Wildman–Crippen MR) is 97.6 cm³/mol. The lowest BCUT2D eigenvalue weighted by atomic mass is 9.95. The number of hydrogen-bond acceptors (Lipinski definition) is 4. The van der Waals surface area contributed by atoms with Crippen LogP contribution < -0.4 is 0 Å². The Bertz CT molecular complexity index is 919. The molecular formula is C20H20FN5O. The highest BCUT2D eigenvalue weighted by molar-refractivity contribution is 5.94. The van der Waals surface area contributed by atoms with Gasteiger partial charge in [0.25, 0.3) is 5.91 Å². The third-order valence-corrected chi connectivity index (χ3v) is 4.97. The number of imidazole rings is 1. The quantitative estimate of drug-likeness (QED) is 0.713. The normalized spacial score (nSPS) is 15.1. The van der Waals surface area contributed by atoms with E-state index in [-0.39, 0.29) is 17.4 Å². The highest BCUT2D eigenvalue weighted by atomic mass is 19.1. The minimum atomic E-state index is -0.573. The second kappa shape index (κ2) is 7.65. The van der Waals surface area contributed by atoms with Gasteiger partial charge in [0.15, 0.2) is 5.82 Å². The van der Waals surface area contributed by atoms with Gasteiger partial charge < -0.3 is 9.47 Å². The summed E-state index contributed by atoms with van der Waals surface area (Å²) in [5, 5.41) is 0. The Kier molecular flexibility index (Phi) is 4.91. The van der Waals surface area contributed by atoms with Crippen molar-refractivity contribution in [1.82, 2.24) is 24.4 Å². The first-order chi connectivity index (χ1) is 13.2. The second-order valence-electron chi connectivity index (χ2n) is 6.70. The molecule has 1 saturated heterocycles. The summed E-state index contributed by atoms with van der Waals surface area (Å²) in [4.78, 5) is 26.7. The maximum absolute atomic E-state index is 13.8. The Morgan fingerprint density at radius 2 is 1.93 bits per heavy atom. The van der Waals surface area contributed by atoms with Crippen molar-refractivity contribution >= 4 is 5.91 Å². The number of rotatable bonds is 4. The van der Waals surface area contributed by atoms with Crippen LogP contribution in [0.5, 0.6) is 0 Å². The van der Waals surface area contributed by atoms with Crippen LogP contribution in [-0.4, -0.2) is 43.4 Å². The van der Waals surface area contributed by atoms with Crippen LogP contribution in [0.2, 0.25) is 0 Å². The van der Waals surface area contributed by atoms with E-state index in [1.165, 1.54) is 12.3 Å². The fraction of sp³-hybridized carbons (Fsp3) is 0.300. The fourth-order valence-electron chi connectivity index (χ4n) is 3.56. The molecule has 0 spiro atoms. The average molecular weight is 365 g/mol. The zero-order chi connectivity index (χ0) is 18.6. The van der Waals surface area contributed by atoms with Crippen LogP contribution in [0.25, 0.3) is 0 Å². The molecule has 6 nitrogen and oxygen atoms in total. The van der Waals surface area contributed by atoms with Gasteiger partial charge >= 0.3 is 0 Å². The van der Waals surface area contributed by atoms with E-state index in [1.54, 1.807) is 11.1 Å². The molecule has 3 aromatic rings. The van der Waals surface area contributed by atoms with Crippen LogP contribution >= 0.6 is 0 Å². The Morgan fingerprint density at radius 3 is 2.67 bits per heavy atom. The number of likely N-dealkylation sites (tertiary alicyclic amines) is 1. The molecule has 0 aliphatic carbocycles. The summed E-state index contributed by atoms with van der Waals surface area (Å²) in [6, 6.07) is 5.40. The van der Waals surface area contributed by atoms with Crippen LogP contribution in [0, 0.1) is 5.82 Å². The van der Waals surface area contributed by atoms with E-state index in [0.29, 0.717) is 13.1 Å². The fourth-order valence-corrected chi connectivity index (χ4v) is 3.56. The van der Waals surface area contributed by atoms with Crippen LogP contribution in [0.1, 0.15) is 40.5 Å². The van der Waals surface area contributed by atoms with E-state index < -0.39 is 5.82 Å². The summed E-state index contributed by atoms with van der Waals surface area (Å²) >= 11 is 0. The zero-order valence-electron chi connectivity index (χ0n) is 14.8. The first-order valence-corrected chi connectivity index (χ1v) is 9.01. The van der Waals surface area contributed by atoms with E-state index in [1.807, 2.05) is 30.7 Å². The van der Waals surface area contributed by atoms with E-state index in [2.05, 4.69) is 19.5 Å². The lowest BCUT2D eigenvalue weighted by Gasteiger charge is -2.32. The largest absolute Gasteiger partial charge is 0.339 e. The summed E-state index contributed by atoms with van der Waals surface area (Å²) in [6.07, 6.45) is 11.5. The first kappa shape index (κ1) is 17.3. The van der Waals surface area contributed by atoms with Crippen molar-refractivity contribution in [2.75, 3.05) is 13.1 Å². The molecule has 1 aliphatic rings. The molecule has 0 saturated carbocycles. The van der Waals surface area contributed by atoms with Crippen LogP contribution in [0.15, 0.2) is 55.4 Å². The van der Waals surface area contributed by atoms with Gasteiger partial charge in [-0.3, -0.25) is 14.8 Å². The molecule has 0 atom stereocenters. The first-order valence-electron chi connectivity index (χ1n) is 9.01. The SMILES string of the molecule is O=C(c1ccncc1F)N1CCC(c2nccn2Cc2cccnc2)CC1. The molecule has 0 unspecified atom stereocenters. The monoisotopic (exact) mass is 365 g/mol. The topological polar surface area (TPSA) is 63.9 Å². The standard InChI is InChI=1S/C20H20FN5O/c21-18-13-23-7-3-17(18)20(27)25-9-4-16(5-10-25)19-24-8-11-26(19)14-15-2-1-6-22-12-15/h1-3,6-8,11-13,16H,4-5,9-10,14H2. The third kappa shape index (κ3) is 3.72. The van der Waals surface area contributed by atoms with E-state index in [0.717, 1.165) is 37.0 Å². The Labute approximate surface area is 156 Å². The molecule has 7 heteroatoms. The van der Waals surface area contributed by atoms with Gasteiger partial charge in [-0.2, -0.15) is 0 Å². The molecular weight excluding hydrogens is 345 g/mol. The second-order valence-corrected chi connectivity index (χ2v) is 6.70. The van der Waals surface area contributed by atoms with Gasteiger partial charge in [-0.25, -0.2) is 9.37 Å². The maximum atomic E-state index is 13.8. The molecule has 138 valence electrons. The molecule has 4 rings (SSSR count). The molecule has 0 N–H and O–H groups in total. The Morgan fingerprint density at radius 1 is 1.11 bits per heavy atom. The summed E-state index contributed by atoms with van der Waals surface area (Å²) < 4.78 is 16.0. The van der Waals surface area contributed by atoms with Gasteiger partial charge in [0.05, 0.1) is 18.3 Å². The number of pyridine rings is 2. The molecule has 4 heterocycles. The molecule has 1 aliphatic heterocycles. The number of piperidine rings is 1. The zero-order valence-corrected chi connectivity index (χ0v) is 14.8. The number of amides is 1. The number of carbonyl (C=O) groups excluding carboxylic acids is 1. The summed E-state index contributed by atoms with van der Waals surface area (Å²) in [6.45, 7) is 1.90. The van der Waals surface area contributed by atoms with E-state index in [9.17, 15) is 9.18 Å². The molecule has 1 fully saturated rings. The Balaban J connectivity index is 1.42. The molecule has 27 heavy (non-hydrogen) atoms.